The highest BCUT2D eigenvalue weighted by Crippen LogP contribution is 2.35. The minimum absolute atomic E-state index is 0.0295. The number of aliphatic hydroxyl groups excluding tert-OH is 2. The molecule has 1 aliphatic heterocycles. The first-order valence-corrected chi connectivity index (χ1v) is 13.3. The summed E-state index contributed by atoms with van der Waals surface area (Å²) in [5.74, 6) is -3.23. The second-order valence-electron chi connectivity index (χ2n) is 9.50. The fourth-order valence-electron chi connectivity index (χ4n) is 4.70. The summed E-state index contributed by atoms with van der Waals surface area (Å²) in [7, 11) is 0. The molecule has 0 aromatic heterocycles. The normalized spacial score (nSPS) is 22.0. The minimum Gasteiger partial charge on any atom is -0.477 e. The predicted octanol–water partition coefficient (Wildman–Crippen LogP) is 3.96. The topological polar surface area (TPSA) is 141 Å². The van der Waals surface area contributed by atoms with Crippen LogP contribution < -0.4 is 0 Å². The minimum atomic E-state index is -1.38. The largest absolute Gasteiger partial charge is 0.477 e. The summed E-state index contributed by atoms with van der Waals surface area (Å²) in [4.78, 5) is 42.3. The monoisotopic (exact) mass is 500 g/mol. The molecule has 9 heteroatoms. The van der Waals surface area contributed by atoms with E-state index in [1.165, 1.54) is 38.5 Å². The average Bonchev–Trinajstić information content (AvgIpc) is 3.16. The molecular formula is C26H46NO8+. The van der Waals surface area contributed by atoms with Crippen molar-refractivity contribution in [2.75, 3.05) is 13.2 Å². The number of rotatable bonds is 21. The van der Waals surface area contributed by atoms with Gasteiger partial charge in [0.2, 0.25) is 12.1 Å². The number of unbranched alkanes of at least 4 members (excludes halogenated alkanes) is 10. The number of aliphatic carboxylic acids is 2. The first-order chi connectivity index (χ1) is 16.8. The van der Waals surface area contributed by atoms with E-state index in [1.54, 1.807) is 0 Å². The van der Waals surface area contributed by atoms with Crippen LogP contribution in [0.15, 0.2) is 12.2 Å². The maximum atomic E-state index is 12.8. The quantitative estimate of drug-likeness (QED) is 0.105. The first-order valence-electron chi connectivity index (χ1n) is 13.3. The van der Waals surface area contributed by atoms with Crippen LogP contribution in [0.2, 0.25) is 0 Å². The highest BCUT2D eigenvalue weighted by Gasteiger charge is 2.63. The zero-order valence-electron chi connectivity index (χ0n) is 21.3. The second kappa shape index (κ2) is 17.6. The van der Waals surface area contributed by atoms with E-state index in [1.807, 2.05) is 0 Å². The van der Waals surface area contributed by atoms with Crippen LogP contribution in [0, 0.1) is 0 Å². The van der Waals surface area contributed by atoms with Gasteiger partial charge in [-0.25, -0.2) is 14.4 Å². The van der Waals surface area contributed by atoms with Crippen molar-refractivity contribution in [2.24, 2.45) is 0 Å². The third-order valence-electron chi connectivity index (χ3n) is 6.70. The smallest absolute Gasteiger partial charge is 0.366 e. The third kappa shape index (κ3) is 10.4. The summed E-state index contributed by atoms with van der Waals surface area (Å²) in [6.45, 7) is 1.05. The summed E-state index contributed by atoms with van der Waals surface area (Å²) >= 11 is 0. The number of aliphatic hydroxyl groups is 2. The van der Waals surface area contributed by atoms with Gasteiger partial charge in [0.05, 0.1) is 13.0 Å². The molecular weight excluding hydrogens is 454 g/mol. The Kier molecular flexibility index (Phi) is 15.7. The van der Waals surface area contributed by atoms with Gasteiger partial charge in [-0.15, -0.1) is 0 Å². The lowest BCUT2D eigenvalue weighted by Gasteiger charge is -2.37. The van der Waals surface area contributed by atoms with Crippen molar-refractivity contribution < 1.29 is 44.3 Å². The standard InChI is InChI=1S/C26H45NO8/c1-2-3-4-5-6-7-8-9-10-11-12-13-14-15-16-22(25(31)32)27(35-20-21(29)19-28)23(26(33)34)17-18-24(27)30/h9-10,21-23,28-29H,2-8,11-20H2,1H3,(H-,31,32,33,34)/p+1/t21?,22?,23-,27?/m0/s1. The van der Waals surface area contributed by atoms with Crippen molar-refractivity contribution in [2.45, 2.75) is 121 Å². The number of hydrogen-bond donors (Lipinski definition) is 4. The van der Waals surface area contributed by atoms with Gasteiger partial charge in [0, 0.05) is 12.8 Å². The molecule has 0 bridgehead atoms. The van der Waals surface area contributed by atoms with Crippen molar-refractivity contribution in [1.82, 2.24) is 0 Å². The maximum Gasteiger partial charge on any atom is 0.366 e. The number of carboxylic acid groups (broad SMARTS) is 2. The Hall–Kier alpha value is -1.81. The van der Waals surface area contributed by atoms with Gasteiger partial charge in [-0.05, 0) is 32.1 Å². The van der Waals surface area contributed by atoms with E-state index in [4.69, 9.17) is 9.94 Å². The summed E-state index contributed by atoms with van der Waals surface area (Å²) < 4.78 is -1.16. The summed E-state index contributed by atoms with van der Waals surface area (Å²) in [5.41, 5.74) is 0. The first kappa shape index (κ1) is 31.2. The average molecular weight is 501 g/mol. The number of allylic oxidation sites excluding steroid dienone is 2. The van der Waals surface area contributed by atoms with Gasteiger partial charge in [0.15, 0.2) is 0 Å². The Morgan fingerprint density at radius 2 is 1.57 bits per heavy atom. The van der Waals surface area contributed by atoms with E-state index in [0.717, 1.165) is 32.1 Å². The van der Waals surface area contributed by atoms with Gasteiger partial charge >= 0.3 is 17.8 Å². The van der Waals surface area contributed by atoms with Crippen LogP contribution in [0.5, 0.6) is 0 Å². The van der Waals surface area contributed by atoms with Crippen LogP contribution >= 0.6 is 0 Å². The number of quaternary nitrogens is 1. The van der Waals surface area contributed by atoms with Crippen molar-refractivity contribution in [3.63, 3.8) is 0 Å². The molecule has 1 amide bonds. The SMILES string of the molecule is CCCCCCCCC=CCCCCCCC(C(=O)O)[N+]1(OCC(O)CO)C(=O)CC[C@H]1C(=O)O. The number of hydroxylamine groups is 3. The molecule has 3 unspecified atom stereocenters. The summed E-state index contributed by atoms with van der Waals surface area (Å²) in [5, 5.41) is 38.3. The van der Waals surface area contributed by atoms with Gasteiger partial charge in [0.1, 0.15) is 12.7 Å². The van der Waals surface area contributed by atoms with Gasteiger partial charge in [-0.1, -0.05) is 68.7 Å². The zero-order valence-corrected chi connectivity index (χ0v) is 21.3. The third-order valence-corrected chi connectivity index (χ3v) is 6.70. The molecule has 9 nitrogen and oxygen atoms in total. The highest BCUT2D eigenvalue weighted by molar-refractivity contribution is 5.84. The molecule has 0 saturated carbocycles. The molecule has 0 aromatic carbocycles. The molecule has 4 N–H and O–H groups in total. The van der Waals surface area contributed by atoms with Crippen LogP contribution in [0.25, 0.3) is 0 Å². The number of carboxylic acids is 2. The molecule has 0 spiro atoms. The van der Waals surface area contributed by atoms with Crippen LogP contribution in [-0.2, 0) is 19.2 Å². The van der Waals surface area contributed by atoms with E-state index in [2.05, 4.69) is 19.1 Å². The van der Waals surface area contributed by atoms with E-state index in [9.17, 15) is 29.7 Å². The number of amides is 1. The van der Waals surface area contributed by atoms with Gasteiger partial charge < -0.3 is 20.4 Å². The van der Waals surface area contributed by atoms with Crippen LogP contribution in [-0.4, -0.2) is 74.3 Å². The van der Waals surface area contributed by atoms with E-state index in [-0.39, 0.29) is 19.3 Å². The molecule has 1 fully saturated rings. The lowest BCUT2D eigenvalue weighted by atomic mass is 10.0. The fourth-order valence-corrected chi connectivity index (χ4v) is 4.70. The van der Waals surface area contributed by atoms with Gasteiger partial charge in [-0.3, -0.25) is 0 Å². The molecule has 1 aliphatic rings. The van der Waals surface area contributed by atoms with Gasteiger partial charge in [-0.2, -0.15) is 4.84 Å². The van der Waals surface area contributed by atoms with E-state index >= 15 is 0 Å². The van der Waals surface area contributed by atoms with Crippen LogP contribution in [0.4, 0.5) is 0 Å². The molecule has 35 heavy (non-hydrogen) atoms. The lowest BCUT2D eigenvalue weighted by molar-refractivity contribution is -1.06. The van der Waals surface area contributed by atoms with Crippen molar-refractivity contribution in [3.05, 3.63) is 12.2 Å². The Morgan fingerprint density at radius 3 is 2.11 bits per heavy atom. The highest BCUT2D eigenvalue weighted by atomic mass is 16.7. The van der Waals surface area contributed by atoms with Crippen LogP contribution in [0.3, 0.4) is 0 Å². The summed E-state index contributed by atoms with van der Waals surface area (Å²) in [6, 6.07) is -2.74. The molecule has 0 radical (unpaired) electrons. The molecule has 0 aromatic rings. The lowest BCUT2D eigenvalue weighted by Crippen LogP contribution is -2.66. The van der Waals surface area contributed by atoms with E-state index < -0.39 is 53.9 Å². The molecule has 1 heterocycles. The van der Waals surface area contributed by atoms with Crippen LogP contribution in [0.1, 0.15) is 103 Å². The Balaban J connectivity index is 2.51. The maximum absolute atomic E-state index is 12.8. The number of nitrogens with zero attached hydrogens (tertiary/aromatic N) is 1. The Labute approximate surface area is 209 Å². The Bertz CT molecular complexity index is 668. The van der Waals surface area contributed by atoms with Crippen molar-refractivity contribution >= 4 is 17.8 Å². The molecule has 1 saturated heterocycles. The van der Waals surface area contributed by atoms with Gasteiger partial charge in [0.25, 0.3) is 0 Å². The molecule has 0 aliphatic carbocycles. The Morgan fingerprint density at radius 1 is 1.00 bits per heavy atom. The van der Waals surface area contributed by atoms with Crippen molar-refractivity contribution in [1.29, 1.82) is 0 Å². The predicted molar refractivity (Wildman–Crippen MR) is 131 cm³/mol. The molecule has 202 valence electrons. The molecule has 1 rings (SSSR count). The number of carbonyl (C=O) groups is 3. The zero-order chi connectivity index (χ0) is 26.1. The fraction of sp³-hybridized carbons (Fsp3) is 0.808. The van der Waals surface area contributed by atoms with Crippen molar-refractivity contribution in [3.8, 4) is 0 Å². The molecule has 4 atom stereocenters. The van der Waals surface area contributed by atoms with E-state index in [0.29, 0.717) is 6.42 Å². The number of likely N-dealkylation sites (tertiary alicyclic amines) is 1. The summed E-state index contributed by atoms with van der Waals surface area (Å²) in [6.07, 6.45) is 16.0. The number of carbonyl (C=O) groups excluding carboxylic acids is 1. The second-order valence-corrected chi connectivity index (χ2v) is 9.50. The number of hydrogen-bond acceptors (Lipinski definition) is 6.